The Hall–Kier alpha value is -3.23. The molecule has 6 nitrogen and oxygen atoms in total. The maximum absolute atomic E-state index is 12.9. The zero-order chi connectivity index (χ0) is 24.1. The van der Waals surface area contributed by atoms with Crippen LogP contribution in [-0.4, -0.2) is 30.5 Å². The van der Waals surface area contributed by atoms with Crippen LogP contribution >= 0.6 is 0 Å². The predicted molar refractivity (Wildman–Crippen MR) is 112 cm³/mol. The molecule has 0 N–H and O–H groups in total. The highest BCUT2D eigenvalue weighted by molar-refractivity contribution is 5.91. The minimum Gasteiger partial charge on any atom is -0.483 e. The Labute approximate surface area is 189 Å². The van der Waals surface area contributed by atoms with Gasteiger partial charge >= 0.3 is 18.3 Å². The highest BCUT2D eigenvalue weighted by atomic mass is 19.4. The SMILES string of the molecule is CC(C)C1(Oc2cc(C(=O)OCC(=O)Oc3ccccc3)ccc2OC(F)(F)F)CCCC1. The Morgan fingerprint density at radius 2 is 1.67 bits per heavy atom. The van der Waals surface area contributed by atoms with Crippen molar-refractivity contribution in [1.29, 1.82) is 0 Å². The van der Waals surface area contributed by atoms with Gasteiger partial charge in [0.25, 0.3) is 0 Å². The number of esters is 2. The zero-order valence-electron chi connectivity index (χ0n) is 18.3. The van der Waals surface area contributed by atoms with Crippen molar-refractivity contribution in [2.75, 3.05) is 6.61 Å². The summed E-state index contributed by atoms with van der Waals surface area (Å²) in [6, 6.07) is 11.5. The van der Waals surface area contributed by atoms with Gasteiger partial charge in [0.15, 0.2) is 18.1 Å². The van der Waals surface area contributed by atoms with Gasteiger partial charge in [-0.05, 0) is 61.9 Å². The lowest BCUT2D eigenvalue weighted by atomic mass is 9.88. The van der Waals surface area contributed by atoms with Crippen molar-refractivity contribution in [1.82, 2.24) is 0 Å². The molecule has 1 fully saturated rings. The smallest absolute Gasteiger partial charge is 0.483 e. The van der Waals surface area contributed by atoms with E-state index in [2.05, 4.69) is 4.74 Å². The monoisotopic (exact) mass is 466 g/mol. The molecule has 2 aromatic rings. The molecule has 0 heterocycles. The van der Waals surface area contributed by atoms with Gasteiger partial charge in [0.1, 0.15) is 11.4 Å². The molecule has 0 aromatic heterocycles. The molecular formula is C24H25F3O6. The van der Waals surface area contributed by atoms with Crippen molar-refractivity contribution in [3.05, 3.63) is 54.1 Å². The van der Waals surface area contributed by atoms with Gasteiger partial charge in [0.05, 0.1) is 5.56 Å². The summed E-state index contributed by atoms with van der Waals surface area (Å²) < 4.78 is 58.9. The van der Waals surface area contributed by atoms with Gasteiger partial charge in [0.2, 0.25) is 0 Å². The molecule has 0 atom stereocenters. The van der Waals surface area contributed by atoms with Gasteiger partial charge in [-0.1, -0.05) is 32.0 Å². The van der Waals surface area contributed by atoms with E-state index in [1.165, 1.54) is 0 Å². The number of benzene rings is 2. The highest BCUT2D eigenvalue weighted by Gasteiger charge is 2.41. The lowest BCUT2D eigenvalue weighted by Gasteiger charge is -2.35. The average Bonchev–Trinajstić information content (AvgIpc) is 3.23. The van der Waals surface area contributed by atoms with Gasteiger partial charge in [-0.2, -0.15) is 0 Å². The number of para-hydroxylation sites is 1. The standard InChI is InChI=1S/C24H25F3O6/c1-16(2)23(12-6-7-13-23)32-20-14-17(10-11-19(20)33-24(25,26)27)22(29)30-15-21(28)31-18-8-4-3-5-9-18/h3-5,8-11,14,16H,6-7,12-13,15H2,1-2H3. The van der Waals surface area contributed by atoms with Crippen LogP contribution in [0.4, 0.5) is 13.2 Å². The summed E-state index contributed by atoms with van der Waals surface area (Å²) in [5.74, 6) is -2.14. The Bertz CT molecular complexity index is 966. The fraction of sp³-hybridized carbons (Fsp3) is 0.417. The van der Waals surface area contributed by atoms with Crippen molar-refractivity contribution in [3.63, 3.8) is 0 Å². The van der Waals surface area contributed by atoms with E-state index < -0.39 is 36.3 Å². The van der Waals surface area contributed by atoms with Crippen molar-refractivity contribution in [3.8, 4) is 17.2 Å². The number of hydrogen-bond acceptors (Lipinski definition) is 6. The maximum Gasteiger partial charge on any atom is 0.573 e. The summed E-state index contributed by atoms with van der Waals surface area (Å²) in [6.07, 6.45) is -1.80. The van der Waals surface area contributed by atoms with E-state index in [1.54, 1.807) is 30.3 Å². The highest BCUT2D eigenvalue weighted by Crippen LogP contribution is 2.43. The van der Waals surface area contributed by atoms with E-state index in [9.17, 15) is 22.8 Å². The van der Waals surface area contributed by atoms with Crippen LogP contribution in [0.1, 0.15) is 49.9 Å². The molecule has 0 amide bonds. The third-order valence-electron chi connectivity index (χ3n) is 5.52. The molecule has 9 heteroatoms. The van der Waals surface area contributed by atoms with Crippen LogP contribution < -0.4 is 14.2 Å². The minimum absolute atomic E-state index is 0.0297. The van der Waals surface area contributed by atoms with E-state index in [0.717, 1.165) is 31.0 Å². The first-order chi connectivity index (χ1) is 15.6. The molecule has 1 saturated carbocycles. The Balaban J connectivity index is 1.75. The second kappa shape index (κ2) is 10.1. The summed E-state index contributed by atoms with van der Waals surface area (Å²) in [5, 5.41) is 0. The normalized spacial score (nSPS) is 15.2. The third-order valence-corrected chi connectivity index (χ3v) is 5.52. The molecule has 0 radical (unpaired) electrons. The zero-order valence-corrected chi connectivity index (χ0v) is 18.3. The Kier molecular flexibility index (Phi) is 7.50. The molecule has 0 saturated heterocycles. The van der Waals surface area contributed by atoms with E-state index in [0.29, 0.717) is 18.6 Å². The number of ether oxygens (including phenoxy) is 4. The molecule has 0 bridgehead atoms. The molecule has 0 aliphatic heterocycles. The molecule has 1 aliphatic carbocycles. The third kappa shape index (κ3) is 6.63. The van der Waals surface area contributed by atoms with Crippen LogP contribution in [-0.2, 0) is 9.53 Å². The minimum atomic E-state index is -4.93. The number of alkyl halides is 3. The summed E-state index contributed by atoms with van der Waals surface area (Å²) in [4.78, 5) is 24.4. The Morgan fingerprint density at radius 3 is 2.27 bits per heavy atom. The van der Waals surface area contributed by atoms with Crippen LogP contribution in [0.25, 0.3) is 0 Å². The second-order valence-corrected chi connectivity index (χ2v) is 8.10. The number of carbonyl (C=O) groups excluding carboxylic acids is 2. The number of rotatable bonds is 8. The summed E-state index contributed by atoms with van der Waals surface area (Å²) >= 11 is 0. The number of carbonyl (C=O) groups is 2. The van der Waals surface area contributed by atoms with Crippen molar-refractivity contribution < 1.29 is 41.7 Å². The van der Waals surface area contributed by atoms with Gasteiger partial charge in [-0.25, -0.2) is 9.59 Å². The second-order valence-electron chi connectivity index (χ2n) is 8.10. The van der Waals surface area contributed by atoms with Gasteiger partial charge in [-0.3, -0.25) is 0 Å². The molecular weight excluding hydrogens is 441 g/mol. The van der Waals surface area contributed by atoms with E-state index in [1.807, 2.05) is 13.8 Å². The first-order valence-electron chi connectivity index (χ1n) is 10.6. The van der Waals surface area contributed by atoms with Gasteiger partial charge in [-0.15, -0.1) is 13.2 Å². The van der Waals surface area contributed by atoms with E-state index >= 15 is 0 Å². The summed E-state index contributed by atoms with van der Waals surface area (Å²) in [6.45, 7) is 3.21. The number of hydrogen-bond donors (Lipinski definition) is 0. The maximum atomic E-state index is 12.9. The number of halogens is 3. The van der Waals surface area contributed by atoms with E-state index in [4.69, 9.17) is 14.2 Å². The molecule has 3 rings (SSSR count). The van der Waals surface area contributed by atoms with Gasteiger partial charge in [0, 0.05) is 0 Å². The van der Waals surface area contributed by atoms with Crippen molar-refractivity contribution >= 4 is 11.9 Å². The molecule has 0 spiro atoms. The average molecular weight is 466 g/mol. The predicted octanol–water partition coefficient (Wildman–Crippen LogP) is 5.70. The van der Waals surface area contributed by atoms with E-state index in [-0.39, 0.29) is 17.2 Å². The molecule has 33 heavy (non-hydrogen) atoms. The first kappa shape index (κ1) is 24.4. The van der Waals surface area contributed by atoms with Crippen LogP contribution in [0.5, 0.6) is 17.2 Å². The van der Waals surface area contributed by atoms with Crippen LogP contribution in [0.3, 0.4) is 0 Å². The largest absolute Gasteiger partial charge is 0.573 e. The topological polar surface area (TPSA) is 71.1 Å². The lowest BCUT2D eigenvalue weighted by Crippen LogP contribution is -2.38. The quantitative estimate of drug-likeness (QED) is 0.367. The molecule has 178 valence electrons. The first-order valence-corrected chi connectivity index (χ1v) is 10.6. The lowest BCUT2D eigenvalue weighted by molar-refractivity contribution is -0.275. The summed E-state index contributed by atoms with van der Waals surface area (Å²) in [5.41, 5.74) is -0.741. The molecule has 2 aromatic carbocycles. The molecule has 0 unspecified atom stereocenters. The fourth-order valence-corrected chi connectivity index (χ4v) is 3.77. The van der Waals surface area contributed by atoms with Crippen molar-refractivity contribution in [2.24, 2.45) is 5.92 Å². The Morgan fingerprint density at radius 1 is 1.00 bits per heavy atom. The van der Waals surface area contributed by atoms with Crippen LogP contribution in [0.15, 0.2) is 48.5 Å². The van der Waals surface area contributed by atoms with Gasteiger partial charge < -0.3 is 18.9 Å². The van der Waals surface area contributed by atoms with Crippen molar-refractivity contribution in [2.45, 2.75) is 51.5 Å². The van der Waals surface area contributed by atoms with Crippen LogP contribution in [0, 0.1) is 5.92 Å². The van der Waals surface area contributed by atoms with Crippen LogP contribution in [0.2, 0.25) is 0 Å². The molecule has 1 aliphatic rings. The summed E-state index contributed by atoms with van der Waals surface area (Å²) in [7, 11) is 0. The fourth-order valence-electron chi connectivity index (χ4n) is 3.77.